The summed E-state index contributed by atoms with van der Waals surface area (Å²) in [6, 6.07) is 0. The fourth-order valence-corrected chi connectivity index (χ4v) is 2.23. The maximum Gasteiger partial charge on any atom is 0.0703 e. The molecule has 0 saturated heterocycles. The maximum absolute atomic E-state index is 9.43. The van der Waals surface area contributed by atoms with E-state index in [0.717, 1.165) is 19.3 Å². The van der Waals surface area contributed by atoms with Crippen LogP contribution < -0.4 is 0 Å². The molecule has 0 aromatic carbocycles. The Kier molecular flexibility index (Phi) is 3.06. The van der Waals surface area contributed by atoms with Gasteiger partial charge in [-0.1, -0.05) is 20.8 Å². The van der Waals surface area contributed by atoms with Crippen LogP contribution >= 0.6 is 11.6 Å². The number of aliphatic hydroxyl groups is 1. The quantitative estimate of drug-likeness (QED) is 0.583. The van der Waals surface area contributed by atoms with Crippen LogP contribution in [0.1, 0.15) is 40.0 Å². The van der Waals surface area contributed by atoms with E-state index in [4.69, 9.17) is 11.6 Å². The zero-order valence-corrected chi connectivity index (χ0v) is 8.93. The summed E-state index contributed by atoms with van der Waals surface area (Å²) in [6.07, 6.45) is 2.68. The van der Waals surface area contributed by atoms with Gasteiger partial charge >= 0.3 is 0 Å². The molecule has 0 unspecified atom stereocenters. The summed E-state index contributed by atoms with van der Waals surface area (Å²) < 4.78 is 0. The summed E-state index contributed by atoms with van der Waals surface area (Å²) in [5.74, 6) is 0.670. The number of hydrogen-bond acceptors (Lipinski definition) is 1. The minimum atomic E-state index is -0.273. The molecule has 1 N–H and O–H groups in total. The first-order chi connectivity index (χ1) is 5.41. The van der Waals surface area contributed by atoms with E-state index in [-0.39, 0.29) is 11.5 Å². The van der Waals surface area contributed by atoms with Crippen LogP contribution in [0.15, 0.2) is 0 Å². The molecule has 0 amide bonds. The van der Waals surface area contributed by atoms with Crippen LogP contribution in [0.5, 0.6) is 0 Å². The Labute approximate surface area is 80.1 Å². The first-order valence-corrected chi connectivity index (χ1v) is 5.17. The molecule has 1 saturated carbocycles. The van der Waals surface area contributed by atoms with Crippen molar-refractivity contribution in [3.8, 4) is 0 Å². The standard InChI is InChI=1S/C10H19ClO/c1-10(2,3)7-4-5-9(12)8(11)6-7/h7-9,12H,4-6H2,1-3H3/t7-,8+,9+/m0/s1. The summed E-state index contributed by atoms with van der Waals surface area (Å²) in [5.41, 5.74) is 0.341. The fourth-order valence-electron chi connectivity index (χ4n) is 1.89. The Balaban J connectivity index is 2.51. The summed E-state index contributed by atoms with van der Waals surface area (Å²) in [4.78, 5) is 0. The molecule has 2 heteroatoms. The molecular formula is C10H19ClO. The van der Waals surface area contributed by atoms with Crippen LogP contribution in [-0.2, 0) is 0 Å². The van der Waals surface area contributed by atoms with Crippen molar-refractivity contribution in [2.45, 2.75) is 51.5 Å². The lowest BCUT2D eigenvalue weighted by Crippen LogP contribution is -2.35. The second kappa shape index (κ2) is 3.55. The minimum absolute atomic E-state index is 0.0250. The van der Waals surface area contributed by atoms with Gasteiger partial charge in [0.1, 0.15) is 0 Å². The van der Waals surface area contributed by atoms with Crippen molar-refractivity contribution in [3.63, 3.8) is 0 Å². The summed E-state index contributed by atoms with van der Waals surface area (Å²) in [6.45, 7) is 6.75. The molecular weight excluding hydrogens is 172 g/mol. The van der Waals surface area contributed by atoms with Crippen LogP contribution in [0.3, 0.4) is 0 Å². The van der Waals surface area contributed by atoms with Gasteiger partial charge in [0, 0.05) is 0 Å². The zero-order valence-electron chi connectivity index (χ0n) is 8.18. The lowest BCUT2D eigenvalue weighted by Gasteiger charge is -2.37. The van der Waals surface area contributed by atoms with Crippen LogP contribution in [0.25, 0.3) is 0 Å². The number of halogens is 1. The van der Waals surface area contributed by atoms with E-state index < -0.39 is 0 Å². The zero-order chi connectivity index (χ0) is 9.35. The Bertz CT molecular complexity index is 150. The van der Waals surface area contributed by atoms with Gasteiger partial charge in [-0.2, -0.15) is 0 Å². The molecule has 0 aliphatic heterocycles. The molecule has 0 heterocycles. The van der Waals surface area contributed by atoms with Gasteiger partial charge in [0.2, 0.25) is 0 Å². The van der Waals surface area contributed by atoms with Gasteiger partial charge in [0.25, 0.3) is 0 Å². The van der Waals surface area contributed by atoms with Gasteiger partial charge in [0.15, 0.2) is 0 Å². The number of hydrogen-bond donors (Lipinski definition) is 1. The van der Waals surface area contributed by atoms with Gasteiger partial charge < -0.3 is 5.11 Å². The fraction of sp³-hybridized carbons (Fsp3) is 1.00. The first kappa shape index (κ1) is 10.3. The van der Waals surface area contributed by atoms with Crippen molar-refractivity contribution >= 4 is 11.6 Å². The molecule has 1 rings (SSSR count). The molecule has 72 valence electrons. The third-order valence-electron chi connectivity index (χ3n) is 2.96. The van der Waals surface area contributed by atoms with Crippen molar-refractivity contribution in [1.29, 1.82) is 0 Å². The molecule has 1 aliphatic rings. The molecule has 1 fully saturated rings. The SMILES string of the molecule is CC(C)(C)[C@H]1CC[C@@H](O)[C@H](Cl)C1. The lowest BCUT2D eigenvalue weighted by atomic mass is 9.72. The summed E-state index contributed by atoms with van der Waals surface area (Å²) >= 11 is 6.02. The Hall–Kier alpha value is 0.250. The van der Waals surface area contributed by atoms with Gasteiger partial charge in [-0.3, -0.25) is 0 Å². The Morgan fingerprint density at radius 3 is 2.25 bits per heavy atom. The van der Waals surface area contributed by atoms with Gasteiger partial charge in [-0.25, -0.2) is 0 Å². The highest BCUT2D eigenvalue weighted by molar-refractivity contribution is 6.21. The highest BCUT2D eigenvalue weighted by atomic mass is 35.5. The molecule has 0 bridgehead atoms. The molecule has 0 radical (unpaired) electrons. The van der Waals surface area contributed by atoms with Crippen LogP contribution in [0.2, 0.25) is 0 Å². The number of aliphatic hydroxyl groups excluding tert-OH is 1. The normalized spacial score (nSPS) is 38.2. The molecule has 0 spiro atoms. The van der Waals surface area contributed by atoms with Gasteiger partial charge in [-0.15, -0.1) is 11.6 Å². The smallest absolute Gasteiger partial charge is 0.0703 e. The third-order valence-corrected chi connectivity index (χ3v) is 3.43. The predicted molar refractivity (Wildman–Crippen MR) is 52.4 cm³/mol. The first-order valence-electron chi connectivity index (χ1n) is 4.73. The van der Waals surface area contributed by atoms with E-state index in [0.29, 0.717) is 11.3 Å². The van der Waals surface area contributed by atoms with Crippen molar-refractivity contribution in [2.75, 3.05) is 0 Å². The van der Waals surface area contributed by atoms with Gasteiger partial charge in [0.05, 0.1) is 11.5 Å². The average molecular weight is 191 g/mol. The number of alkyl halides is 1. The topological polar surface area (TPSA) is 20.2 Å². The van der Waals surface area contributed by atoms with E-state index >= 15 is 0 Å². The summed E-state index contributed by atoms with van der Waals surface area (Å²) in [5, 5.41) is 9.40. The maximum atomic E-state index is 9.43. The van der Waals surface area contributed by atoms with Crippen molar-refractivity contribution in [2.24, 2.45) is 11.3 Å². The minimum Gasteiger partial charge on any atom is -0.392 e. The van der Waals surface area contributed by atoms with Crippen molar-refractivity contribution < 1.29 is 5.11 Å². The highest BCUT2D eigenvalue weighted by Gasteiger charge is 2.33. The molecule has 12 heavy (non-hydrogen) atoms. The monoisotopic (exact) mass is 190 g/mol. The van der Waals surface area contributed by atoms with E-state index in [1.807, 2.05) is 0 Å². The average Bonchev–Trinajstić information content (AvgIpc) is 1.92. The summed E-state index contributed by atoms with van der Waals surface area (Å²) in [7, 11) is 0. The molecule has 1 aliphatic carbocycles. The van der Waals surface area contributed by atoms with E-state index in [9.17, 15) is 5.11 Å². The second-order valence-electron chi connectivity index (χ2n) is 4.96. The molecule has 0 aromatic heterocycles. The lowest BCUT2D eigenvalue weighted by molar-refractivity contribution is 0.0765. The second-order valence-corrected chi connectivity index (χ2v) is 5.52. The Morgan fingerprint density at radius 2 is 1.83 bits per heavy atom. The number of rotatable bonds is 0. The van der Waals surface area contributed by atoms with Crippen LogP contribution in [0, 0.1) is 11.3 Å². The van der Waals surface area contributed by atoms with Crippen molar-refractivity contribution in [3.05, 3.63) is 0 Å². The van der Waals surface area contributed by atoms with Crippen molar-refractivity contribution in [1.82, 2.24) is 0 Å². The molecule has 1 nitrogen and oxygen atoms in total. The molecule has 3 atom stereocenters. The third kappa shape index (κ3) is 2.37. The van der Waals surface area contributed by atoms with E-state index in [1.165, 1.54) is 0 Å². The predicted octanol–water partition coefficient (Wildman–Crippen LogP) is 2.80. The molecule has 0 aromatic rings. The largest absolute Gasteiger partial charge is 0.392 e. The Morgan fingerprint density at radius 1 is 1.25 bits per heavy atom. The highest BCUT2D eigenvalue weighted by Crippen LogP contribution is 2.39. The van der Waals surface area contributed by atoms with Gasteiger partial charge in [-0.05, 0) is 30.6 Å². The van der Waals surface area contributed by atoms with E-state index in [1.54, 1.807) is 0 Å². The van der Waals surface area contributed by atoms with Crippen LogP contribution in [0.4, 0.5) is 0 Å². The van der Waals surface area contributed by atoms with Crippen LogP contribution in [-0.4, -0.2) is 16.6 Å². The van der Waals surface area contributed by atoms with E-state index in [2.05, 4.69) is 20.8 Å².